The van der Waals surface area contributed by atoms with Gasteiger partial charge in [-0.1, -0.05) is 11.6 Å². The standard InChI is InChI=1S/C15H10ClN5O2/c1-7-9-4-8(16)2-3-11(9)21(20-7)12-6-18-14-13(19-12)10(5-17-14)15(22)23/h2-6H,1H3,(H,17,18)(H,22,23). The number of benzene rings is 1. The third-order valence-corrected chi connectivity index (χ3v) is 3.88. The number of nitrogens with zero attached hydrogens (tertiary/aromatic N) is 4. The Labute approximate surface area is 134 Å². The number of aromatic amines is 1. The number of hydrogen-bond acceptors (Lipinski definition) is 4. The van der Waals surface area contributed by atoms with Gasteiger partial charge in [0.05, 0.1) is 17.4 Å². The van der Waals surface area contributed by atoms with Gasteiger partial charge in [0.25, 0.3) is 0 Å². The van der Waals surface area contributed by atoms with E-state index in [1.807, 2.05) is 19.1 Å². The van der Waals surface area contributed by atoms with Gasteiger partial charge >= 0.3 is 5.97 Å². The maximum absolute atomic E-state index is 11.3. The van der Waals surface area contributed by atoms with E-state index in [9.17, 15) is 9.90 Å². The Morgan fingerprint density at radius 3 is 3.00 bits per heavy atom. The van der Waals surface area contributed by atoms with E-state index in [-0.39, 0.29) is 5.56 Å². The van der Waals surface area contributed by atoms with Crippen LogP contribution in [0.3, 0.4) is 0 Å². The predicted octanol–water partition coefficient (Wildman–Crippen LogP) is 2.96. The second kappa shape index (κ2) is 4.79. The average molecular weight is 328 g/mol. The number of halogens is 1. The molecule has 4 aromatic rings. The van der Waals surface area contributed by atoms with Crippen molar-refractivity contribution in [2.75, 3.05) is 0 Å². The summed E-state index contributed by atoms with van der Waals surface area (Å²) in [5.74, 6) is -0.615. The molecule has 7 nitrogen and oxygen atoms in total. The van der Waals surface area contributed by atoms with Crippen LogP contribution in [0.2, 0.25) is 5.02 Å². The summed E-state index contributed by atoms with van der Waals surface area (Å²) in [5.41, 5.74) is 2.42. The van der Waals surface area contributed by atoms with Gasteiger partial charge in [0.15, 0.2) is 11.5 Å². The molecule has 8 heteroatoms. The Morgan fingerprint density at radius 1 is 1.39 bits per heavy atom. The highest BCUT2D eigenvalue weighted by Crippen LogP contribution is 2.25. The lowest BCUT2D eigenvalue weighted by Crippen LogP contribution is -2.02. The quantitative estimate of drug-likeness (QED) is 0.590. The van der Waals surface area contributed by atoms with Crippen LogP contribution >= 0.6 is 11.6 Å². The zero-order valence-electron chi connectivity index (χ0n) is 11.9. The molecule has 0 aliphatic carbocycles. The van der Waals surface area contributed by atoms with Crippen LogP contribution in [-0.4, -0.2) is 35.8 Å². The number of carboxylic acid groups (broad SMARTS) is 1. The molecule has 0 spiro atoms. The SMILES string of the molecule is Cc1nn(-c2cnc3[nH]cc(C(=O)O)c3n2)c2ccc(Cl)cc12. The lowest BCUT2D eigenvalue weighted by Gasteiger charge is -2.02. The normalized spacial score (nSPS) is 11.4. The summed E-state index contributed by atoms with van der Waals surface area (Å²) in [7, 11) is 0. The first kappa shape index (κ1) is 13.7. The molecular weight excluding hydrogens is 318 g/mol. The molecule has 3 heterocycles. The van der Waals surface area contributed by atoms with Crippen molar-refractivity contribution >= 4 is 39.6 Å². The molecule has 0 saturated heterocycles. The Bertz CT molecular complexity index is 1080. The Hall–Kier alpha value is -2.93. The molecule has 2 N–H and O–H groups in total. The molecule has 0 aliphatic rings. The molecule has 114 valence electrons. The van der Waals surface area contributed by atoms with Gasteiger partial charge < -0.3 is 10.1 Å². The van der Waals surface area contributed by atoms with Crippen molar-refractivity contribution in [3.63, 3.8) is 0 Å². The number of fused-ring (bicyclic) bond motifs is 2. The molecule has 23 heavy (non-hydrogen) atoms. The van der Waals surface area contributed by atoms with E-state index in [4.69, 9.17) is 11.6 Å². The van der Waals surface area contributed by atoms with E-state index in [2.05, 4.69) is 20.1 Å². The second-order valence-electron chi connectivity index (χ2n) is 5.09. The fourth-order valence-electron chi connectivity index (χ4n) is 2.56. The maximum Gasteiger partial charge on any atom is 0.339 e. The smallest absolute Gasteiger partial charge is 0.339 e. The minimum atomic E-state index is -1.06. The number of hydrogen-bond donors (Lipinski definition) is 2. The van der Waals surface area contributed by atoms with Crippen molar-refractivity contribution in [2.24, 2.45) is 0 Å². The molecule has 0 aliphatic heterocycles. The monoisotopic (exact) mass is 327 g/mol. The fourth-order valence-corrected chi connectivity index (χ4v) is 2.73. The van der Waals surface area contributed by atoms with Crippen molar-refractivity contribution in [2.45, 2.75) is 6.92 Å². The molecule has 0 amide bonds. The Balaban J connectivity index is 1.99. The minimum Gasteiger partial charge on any atom is -0.478 e. The predicted molar refractivity (Wildman–Crippen MR) is 85.2 cm³/mol. The average Bonchev–Trinajstić information content (AvgIpc) is 3.08. The summed E-state index contributed by atoms with van der Waals surface area (Å²) in [4.78, 5) is 22.7. The minimum absolute atomic E-state index is 0.0746. The number of carboxylic acids is 1. The van der Waals surface area contributed by atoms with Crippen LogP contribution in [0.4, 0.5) is 0 Å². The van der Waals surface area contributed by atoms with Crippen LogP contribution in [0.25, 0.3) is 27.9 Å². The van der Waals surface area contributed by atoms with Crippen LogP contribution in [0.1, 0.15) is 16.1 Å². The first-order valence-corrected chi connectivity index (χ1v) is 7.15. The molecule has 0 atom stereocenters. The number of aromatic nitrogens is 5. The van der Waals surface area contributed by atoms with Gasteiger partial charge in [0.1, 0.15) is 11.1 Å². The van der Waals surface area contributed by atoms with Gasteiger partial charge in [-0.05, 0) is 25.1 Å². The first-order chi connectivity index (χ1) is 11.0. The van der Waals surface area contributed by atoms with Crippen molar-refractivity contribution in [3.05, 3.63) is 46.9 Å². The van der Waals surface area contributed by atoms with Gasteiger partial charge in [-0.3, -0.25) is 0 Å². The molecule has 0 bridgehead atoms. The Kier molecular flexibility index (Phi) is 2.85. The largest absolute Gasteiger partial charge is 0.478 e. The highest BCUT2D eigenvalue weighted by molar-refractivity contribution is 6.31. The summed E-state index contributed by atoms with van der Waals surface area (Å²) in [6.07, 6.45) is 2.92. The number of carbonyl (C=O) groups is 1. The van der Waals surface area contributed by atoms with E-state index >= 15 is 0 Å². The molecule has 1 aromatic carbocycles. The summed E-state index contributed by atoms with van der Waals surface area (Å²) in [6, 6.07) is 5.45. The van der Waals surface area contributed by atoms with Gasteiger partial charge in [0, 0.05) is 16.6 Å². The molecule has 0 radical (unpaired) electrons. The van der Waals surface area contributed by atoms with Crippen molar-refractivity contribution < 1.29 is 9.90 Å². The zero-order chi connectivity index (χ0) is 16.1. The van der Waals surface area contributed by atoms with Gasteiger partial charge in [0.2, 0.25) is 0 Å². The molecule has 4 rings (SSSR count). The molecule has 0 saturated carbocycles. The highest BCUT2D eigenvalue weighted by atomic mass is 35.5. The van der Waals surface area contributed by atoms with Crippen molar-refractivity contribution in [1.82, 2.24) is 24.7 Å². The highest BCUT2D eigenvalue weighted by Gasteiger charge is 2.16. The summed E-state index contributed by atoms with van der Waals surface area (Å²) in [5, 5.41) is 15.2. The number of rotatable bonds is 2. The summed E-state index contributed by atoms with van der Waals surface area (Å²) >= 11 is 6.03. The zero-order valence-corrected chi connectivity index (χ0v) is 12.7. The van der Waals surface area contributed by atoms with Crippen LogP contribution in [0, 0.1) is 6.92 Å². The van der Waals surface area contributed by atoms with E-state index in [1.54, 1.807) is 16.9 Å². The Morgan fingerprint density at radius 2 is 2.22 bits per heavy atom. The fraction of sp³-hybridized carbons (Fsp3) is 0.0667. The number of aryl methyl sites for hydroxylation is 1. The number of nitrogens with one attached hydrogen (secondary N) is 1. The lowest BCUT2D eigenvalue weighted by molar-refractivity contribution is 0.0699. The number of H-pyrrole nitrogens is 1. The van der Waals surface area contributed by atoms with Crippen molar-refractivity contribution in [1.29, 1.82) is 0 Å². The topological polar surface area (TPSA) is 96.7 Å². The van der Waals surface area contributed by atoms with Gasteiger partial charge in [-0.2, -0.15) is 5.10 Å². The van der Waals surface area contributed by atoms with E-state index in [0.29, 0.717) is 22.0 Å². The molecule has 3 aromatic heterocycles. The van der Waals surface area contributed by atoms with Crippen LogP contribution in [-0.2, 0) is 0 Å². The van der Waals surface area contributed by atoms with Crippen LogP contribution in [0.15, 0.2) is 30.6 Å². The van der Waals surface area contributed by atoms with Gasteiger partial charge in [-0.15, -0.1) is 0 Å². The molecule has 0 unspecified atom stereocenters. The van der Waals surface area contributed by atoms with Crippen LogP contribution < -0.4 is 0 Å². The van der Waals surface area contributed by atoms with E-state index in [1.165, 1.54) is 6.20 Å². The van der Waals surface area contributed by atoms with E-state index < -0.39 is 5.97 Å². The third kappa shape index (κ3) is 2.05. The first-order valence-electron chi connectivity index (χ1n) is 6.77. The number of aromatic carboxylic acids is 1. The second-order valence-corrected chi connectivity index (χ2v) is 5.53. The summed E-state index contributed by atoms with van der Waals surface area (Å²) < 4.78 is 1.63. The lowest BCUT2D eigenvalue weighted by atomic mass is 10.2. The maximum atomic E-state index is 11.3. The third-order valence-electron chi connectivity index (χ3n) is 3.64. The van der Waals surface area contributed by atoms with Crippen molar-refractivity contribution in [3.8, 4) is 5.82 Å². The van der Waals surface area contributed by atoms with Gasteiger partial charge in [-0.25, -0.2) is 19.4 Å². The van der Waals surface area contributed by atoms with Crippen LogP contribution in [0.5, 0.6) is 0 Å². The molecule has 0 fully saturated rings. The molecular formula is C15H10ClN5O2. The summed E-state index contributed by atoms with van der Waals surface area (Å²) in [6.45, 7) is 1.88. The van der Waals surface area contributed by atoms with E-state index in [0.717, 1.165) is 16.6 Å².